The van der Waals surface area contributed by atoms with E-state index in [0.29, 0.717) is 32.1 Å². The number of fused-ring (bicyclic) bond motifs is 7. The van der Waals surface area contributed by atoms with Crippen LogP contribution in [0.1, 0.15) is 134 Å². The van der Waals surface area contributed by atoms with Gasteiger partial charge >= 0.3 is 17.9 Å². The third-order valence-corrected chi connectivity index (χ3v) is 24.2. The first kappa shape index (κ1) is 74.9. The molecule has 544 valence electrons. The molecule has 15 N–H and O–H groups in total. The number of aliphatic hydroxyl groups is 15. The second-order valence-corrected chi connectivity index (χ2v) is 30.7. The Morgan fingerprint density at radius 1 is 0.558 bits per heavy atom. The maximum atomic E-state index is 15.9. The smallest absolute Gasteiger partial charge is 0.317 e. The van der Waals surface area contributed by atoms with Gasteiger partial charge < -0.3 is 133 Å². The molecule has 0 aromatic carbocycles. The summed E-state index contributed by atoms with van der Waals surface area (Å²) < 4.78 is 71.4. The van der Waals surface area contributed by atoms with E-state index in [-0.39, 0.29) is 36.5 Å². The van der Waals surface area contributed by atoms with Crippen LogP contribution in [0.3, 0.4) is 0 Å². The number of carbonyl (C=O) groups excluding carboxylic acids is 3. The van der Waals surface area contributed by atoms with Crippen molar-refractivity contribution in [1.82, 2.24) is 0 Å². The van der Waals surface area contributed by atoms with Crippen molar-refractivity contribution < 1.29 is 148 Å². The minimum atomic E-state index is -2.08. The number of aliphatic hydroxyl groups excluding tert-OH is 15. The van der Waals surface area contributed by atoms with Gasteiger partial charge in [-0.05, 0) is 118 Å². The van der Waals surface area contributed by atoms with Crippen LogP contribution in [0.5, 0.6) is 0 Å². The minimum absolute atomic E-state index is 0.0698. The summed E-state index contributed by atoms with van der Waals surface area (Å²) in [7, 11) is 0. The Hall–Kier alpha value is -2.81. The maximum absolute atomic E-state index is 15.9. The predicted octanol–water partition coefficient (Wildman–Crippen LogP) is -2.68. The normalized spacial score (nSPS) is 52.3. The van der Waals surface area contributed by atoms with Crippen molar-refractivity contribution in [2.75, 3.05) is 19.8 Å². The van der Waals surface area contributed by atoms with Crippen LogP contribution in [-0.2, 0) is 71.2 Å². The Bertz CT molecular complexity index is 2740. The number of ether oxygens (including phenoxy) is 12. The van der Waals surface area contributed by atoms with Crippen LogP contribution in [0.4, 0.5) is 0 Å². The molecule has 0 aromatic heterocycles. The number of hydrogen-bond acceptors (Lipinski definition) is 30. The summed E-state index contributed by atoms with van der Waals surface area (Å²) in [5, 5.41) is 168. The number of allylic oxidation sites excluding steroid dienone is 2. The second kappa shape index (κ2) is 27.9. The van der Waals surface area contributed by atoms with Crippen molar-refractivity contribution in [3.63, 3.8) is 0 Å². The number of esters is 3. The molecule has 0 aromatic rings. The number of carbonyl (C=O) groups is 3. The van der Waals surface area contributed by atoms with Crippen molar-refractivity contribution in [3.05, 3.63) is 11.6 Å². The molecule has 0 radical (unpaired) electrons. The Morgan fingerprint density at radius 2 is 1.12 bits per heavy atom. The van der Waals surface area contributed by atoms with E-state index in [2.05, 4.69) is 40.7 Å². The predicted molar refractivity (Wildman–Crippen MR) is 319 cm³/mol. The summed E-state index contributed by atoms with van der Waals surface area (Å²) in [5.74, 6) is -3.66. The third kappa shape index (κ3) is 13.0. The molecular weight excluding hydrogens is 1260 g/mol. The highest BCUT2D eigenvalue weighted by Crippen LogP contribution is 2.76. The average Bonchev–Trinajstić information content (AvgIpc) is 1.10. The fourth-order valence-corrected chi connectivity index (χ4v) is 18.8. The first-order valence-corrected chi connectivity index (χ1v) is 33.5. The largest absolute Gasteiger partial charge is 0.462 e. The van der Waals surface area contributed by atoms with Gasteiger partial charge in [-0.3, -0.25) is 14.4 Å². The lowest BCUT2D eigenvalue weighted by atomic mass is 9.33. The van der Waals surface area contributed by atoms with Crippen molar-refractivity contribution in [2.45, 2.75) is 306 Å². The SMILES string of the molecule is CC(=O)OC(C)CC(=O)OC1C(C)OC(OC(=O)C23CCC(C)(C)CC2C2=CCC4C5(C)CC(O)C(OC6OC(CO)C(O)C(O)C6O)C(C)(CO)C5CCC4(C)C2(C)CC3O)C(OC2OC(C)C(OC3OC(CO)C(OC4OC(C)C(O)C(O)C4O)C3O)C(O)C2O)C1O. The van der Waals surface area contributed by atoms with Crippen LogP contribution >= 0.6 is 0 Å². The quantitative estimate of drug-likeness (QED) is 0.0305. The van der Waals surface area contributed by atoms with Crippen LogP contribution in [0, 0.1) is 50.2 Å². The summed E-state index contributed by atoms with van der Waals surface area (Å²) in [6.45, 7) is 17.4. The highest BCUT2D eigenvalue weighted by atomic mass is 16.8. The Balaban J connectivity index is 0.906. The van der Waals surface area contributed by atoms with Crippen LogP contribution in [-0.4, -0.2) is 286 Å². The zero-order valence-corrected chi connectivity index (χ0v) is 55.8. The van der Waals surface area contributed by atoms with Crippen LogP contribution in [0.2, 0.25) is 0 Å². The van der Waals surface area contributed by atoms with E-state index in [4.69, 9.17) is 56.8 Å². The molecule has 5 aliphatic carbocycles. The average molecular weight is 1370 g/mol. The fourth-order valence-electron chi connectivity index (χ4n) is 18.8. The molecule has 5 saturated heterocycles. The molecule has 10 rings (SSSR count). The highest BCUT2D eigenvalue weighted by Gasteiger charge is 2.73. The monoisotopic (exact) mass is 1360 g/mol. The summed E-state index contributed by atoms with van der Waals surface area (Å²) in [4.78, 5) is 41.1. The van der Waals surface area contributed by atoms with Gasteiger partial charge in [0.05, 0.1) is 62.9 Å². The van der Waals surface area contributed by atoms with E-state index in [9.17, 15) is 86.2 Å². The van der Waals surface area contributed by atoms with E-state index in [1.165, 1.54) is 27.7 Å². The third-order valence-electron chi connectivity index (χ3n) is 24.2. The molecule has 0 bridgehead atoms. The van der Waals surface area contributed by atoms with Crippen molar-refractivity contribution in [1.29, 1.82) is 0 Å². The first-order valence-electron chi connectivity index (χ1n) is 33.5. The van der Waals surface area contributed by atoms with Gasteiger partial charge in [-0.1, -0.05) is 53.2 Å². The minimum Gasteiger partial charge on any atom is -0.462 e. The van der Waals surface area contributed by atoms with Crippen LogP contribution in [0.15, 0.2) is 11.6 Å². The molecule has 36 atom stereocenters. The Morgan fingerprint density at radius 3 is 1.75 bits per heavy atom. The van der Waals surface area contributed by atoms with E-state index in [1.54, 1.807) is 0 Å². The van der Waals surface area contributed by atoms with E-state index in [0.717, 1.165) is 12.5 Å². The fraction of sp³-hybridized carbons (Fsp3) is 0.923. The lowest BCUT2D eigenvalue weighted by molar-refractivity contribution is -0.368. The molecule has 0 amide bonds. The molecule has 95 heavy (non-hydrogen) atoms. The molecule has 5 heterocycles. The van der Waals surface area contributed by atoms with E-state index in [1.807, 2.05) is 6.92 Å². The molecule has 36 unspecified atom stereocenters. The summed E-state index contributed by atoms with van der Waals surface area (Å²) in [6, 6.07) is 0. The molecule has 30 nitrogen and oxygen atoms in total. The topological polar surface area (TPSA) is 465 Å². The van der Waals surface area contributed by atoms with E-state index < -0.39 is 249 Å². The standard InChI is InChI=1S/C65H104O30/c1-25(84-29(5)69)18-38(72)90-50-28(4)87-58(52(47(50)81)93-55-46(80)43(77)49(27(3)86-55)91-57-48(82)51(34(23-67)89-57)92-54-44(78)41(75)39(73)26(2)85-54)95-59(83)65-17-16-60(6,7)19-31(65)30-12-13-36-61(8)20-32(70)53(94-56-45(79)42(76)40(74)33(22-66)88-56)62(9,24-68)35(61)14-15-63(36,10)64(30,11)21-37(65)71/h12,25-28,31-37,39-58,66-68,70-71,73-82H,13-24H2,1-11H3. The van der Waals surface area contributed by atoms with Gasteiger partial charge in [-0.2, -0.15) is 0 Å². The lowest BCUT2D eigenvalue weighted by Gasteiger charge is -2.72. The van der Waals surface area contributed by atoms with Gasteiger partial charge in [0.25, 0.3) is 0 Å². The summed E-state index contributed by atoms with van der Waals surface area (Å²) >= 11 is 0. The van der Waals surface area contributed by atoms with Gasteiger partial charge in [0, 0.05) is 12.3 Å². The van der Waals surface area contributed by atoms with Crippen molar-refractivity contribution in [3.8, 4) is 0 Å². The number of hydrogen-bond donors (Lipinski definition) is 15. The van der Waals surface area contributed by atoms with Crippen molar-refractivity contribution >= 4 is 17.9 Å². The summed E-state index contributed by atoms with van der Waals surface area (Å²) in [5.41, 5.74) is -4.37. The summed E-state index contributed by atoms with van der Waals surface area (Å²) in [6.07, 6.45) is -39.4. The lowest BCUT2D eigenvalue weighted by Crippen LogP contribution is -2.70. The highest BCUT2D eigenvalue weighted by molar-refractivity contribution is 5.80. The van der Waals surface area contributed by atoms with Gasteiger partial charge in [-0.25, -0.2) is 0 Å². The van der Waals surface area contributed by atoms with Gasteiger partial charge in [0.2, 0.25) is 6.29 Å². The molecule has 10 aliphatic rings. The first-order chi connectivity index (χ1) is 44.4. The maximum Gasteiger partial charge on any atom is 0.317 e. The molecule has 9 fully saturated rings. The van der Waals surface area contributed by atoms with Gasteiger partial charge in [0.15, 0.2) is 37.4 Å². The van der Waals surface area contributed by atoms with E-state index >= 15 is 4.79 Å². The van der Waals surface area contributed by atoms with Gasteiger partial charge in [0.1, 0.15) is 97.0 Å². The van der Waals surface area contributed by atoms with Gasteiger partial charge in [-0.15, -0.1) is 0 Å². The Labute approximate surface area is 551 Å². The molecule has 30 heteroatoms. The van der Waals surface area contributed by atoms with Crippen LogP contribution in [0.25, 0.3) is 0 Å². The van der Waals surface area contributed by atoms with Crippen molar-refractivity contribution in [2.24, 2.45) is 50.2 Å². The zero-order chi connectivity index (χ0) is 69.9. The second-order valence-electron chi connectivity index (χ2n) is 30.7. The molecule has 4 saturated carbocycles. The van der Waals surface area contributed by atoms with Crippen LogP contribution < -0.4 is 0 Å². The number of rotatable bonds is 17. The molecule has 0 spiro atoms. The Kier molecular flexibility index (Phi) is 22.0. The molecule has 5 aliphatic heterocycles. The molecular formula is C65H104O30. The zero-order valence-electron chi connectivity index (χ0n) is 55.8.